The van der Waals surface area contributed by atoms with Gasteiger partial charge in [0.2, 0.25) is 0 Å². The Morgan fingerprint density at radius 1 is 1.59 bits per heavy atom. The Balaban J connectivity index is 2.23. The van der Waals surface area contributed by atoms with Crippen molar-refractivity contribution < 1.29 is 8.42 Å². The first kappa shape index (κ1) is 12.6. The van der Waals surface area contributed by atoms with Crippen LogP contribution in [-0.4, -0.2) is 37.5 Å². The van der Waals surface area contributed by atoms with E-state index in [1.54, 1.807) is 6.20 Å². The molecule has 0 bridgehead atoms. The van der Waals surface area contributed by atoms with Crippen LogP contribution in [-0.2, 0) is 15.7 Å². The first-order valence-corrected chi connectivity index (χ1v) is 7.85. The van der Waals surface area contributed by atoms with Gasteiger partial charge in [-0.25, -0.2) is 13.4 Å². The minimum absolute atomic E-state index is 0.0353. The molecule has 94 valence electrons. The van der Waals surface area contributed by atoms with Crippen molar-refractivity contribution in [3.8, 4) is 0 Å². The van der Waals surface area contributed by atoms with E-state index in [2.05, 4.69) is 4.98 Å². The normalized spacial score (nSPS) is 23.6. The third kappa shape index (κ3) is 2.90. The molecule has 0 spiro atoms. The summed E-state index contributed by atoms with van der Waals surface area (Å²) in [6.45, 7) is 2.41. The fraction of sp³-hybridized carbons (Fsp3) is 0.545. The third-order valence-electron chi connectivity index (χ3n) is 2.93. The van der Waals surface area contributed by atoms with Crippen LogP contribution in [0.25, 0.3) is 0 Å². The van der Waals surface area contributed by atoms with E-state index in [0.717, 1.165) is 11.4 Å². The van der Waals surface area contributed by atoms with Crippen LogP contribution in [0.3, 0.4) is 0 Å². The van der Waals surface area contributed by atoms with Crippen LogP contribution in [0, 0.1) is 0 Å². The Bertz CT molecular complexity index is 504. The summed E-state index contributed by atoms with van der Waals surface area (Å²) < 4.78 is 23.0. The molecule has 1 fully saturated rings. The second-order valence-electron chi connectivity index (χ2n) is 4.31. The molecule has 1 saturated heterocycles. The van der Waals surface area contributed by atoms with Gasteiger partial charge in [-0.1, -0.05) is 0 Å². The zero-order chi connectivity index (χ0) is 12.5. The molecule has 0 saturated carbocycles. The lowest BCUT2D eigenvalue weighted by atomic mass is 10.2. The summed E-state index contributed by atoms with van der Waals surface area (Å²) in [5.74, 6) is 1.64. The second kappa shape index (κ2) is 4.82. The maximum Gasteiger partial charge on any atom is 0.154 e. The van der Waals surface area contributed by atoms with Gasteiger partial charge < -0.3 is 4.90 Å². The standard InChI is InChI=1S/C11H15ClN2O2S/c1-9-8-17(15,16)5-4-14(9)11-6-10(7-12)2-3-13-11/h2-3,6,9H,4-5,7-8H2,1H3. The number of hydrogen-bond acceptors (Lipinski definition) is 4. The molecule has 6 heteroatoms. The summed E-state index contributed by atoms with van der Waals surface area (Å²) in [4.78, 5) is 6.31. The van der Waals surface area contributed by atoms with Gasteiger partial charge in [-0.3, -0.25) is 0 Å². The topological polar surface area (TPSA) is 50.3 Å². The predicted molar refractivity (Wildman–Crippen MR) is 69.3 cm³/mol. The molecular formula is C11H15ClN2O2S. The fourth-order valence-electron chi connectivity index (χ4n) is 2.04. The van der Waals surface area contributed by atoms with E-state index in [1.807, 2.05) is 24.0 Å². The van der Waals surface area contributed by atoms with Crippen molar-refractivity contribution in [3.05, 3.63) is 23.9 Å². The zero-order valence-electron chi connectivity index (χ0n) is 9.63. The van der Waals surface area contributed by atoms with Gasteiger partial charge in [0, 0.05) is 24.7 Å². The summed E-state index contributed by atoms with van der Waals surface area (Å²) in [7, 11) is -2.88. The summed E-state index contributed by atoms with van der Waals surface area (Å²) in [5.41, 5.74) is 0.997. The lowest BCUT2D eigenvalue weighted by Gasteiger charge is -2.34. The highest BCUT2D eigenvalue weighted by atomic mass is 35.5. The number of nitrogens with zero attached hydrogens (tertiary/aromatic N) is 2. The monoisotopic (exact) mass is 274 g/mol. The van der Waals surface area contributed by atoms with Crippen molar-refractivity contribution in [1.29, 1.82) is 0 Å². The van der Waals surface area contributed by atoms with Crippen molar-refractivity contribution in [3.63, 3.8) is 0 Å². The summed E-state index contributed by atoms with van der Waals surface area (Å²) in [6.07, 6.45) is 1.71. The average molecular weight is 275 g/mol. The molecule has 1 aliphatic heterocycles. The number of halogens is 1. The predicted octanol–water partition coefficient (Wildman–Crippen LogP) is 1.44. The highest BCUT2D eigenvalue weighted by Gasteiger charge is 2.28. The van der Waals surface area contributed by atoms with Gasteiger partial charge in [0.25, 0.3) is 0 Å². The number of hydrogen-bond donors (Lipinski definition) is 0. The minimum Gasteiger partial charge on any atom is -0.352 e. The number of rotatable bonds is 2. The molecule has 2 rings (SSSR count). The molecule has 1 aromatic rings. The van der Waals surface area contributed by atoms with Gasteiger partial charge >= 0.3 is 0 Å². The van der Waals surface area contributed by atoms with Crippen molar-refractivity contribution in [2.24, 2.45) is 0 Å². The lowest BCUT2D eigenvalue weighted by Crippen LogP contribution is -2.47. The van der Waals surface area contributed by atoms with Gasteiger partial charge in [-0.05, 0) is 24.6 Å². The van der Waals surface area contributed by atoms with Crippen molar-refractivity contribution in [1.82, 2.24) is 4.98 Å². The smallest absolute Gasteiger partial charge is 0.154 e. The Labute approximate surface area is 107 Å². The van der Waals surface area contributed by atoms with E-state index < -0.39 is 9.84 Å². The number of anilines is 1. The molecule has 0 amide bonds. The molecule has 0 aliphatic carbocycles. The van der Waals surface area contributed by atoms with Gasteiger partial charge in [0.15, 0.2) is 9.84 Å². The highest BCUT2D eigenvalue weighted by molar-refractivity contribution is 7.91. The SMILES string of the molecule is CC1CS(=O)(=O)CCN1c1cc(CCl)ccn1. The first-order chi connectivity index (χ1) is 8.02. The summed E-state index contributed by atoms with van der Waals surface area (Å²) in [6, 6.07) is 3.75. The highest BCUT2D eigenvalue weighted by Crippen LogP contribution is 2.20. The first-order valence-electron chi connectivity index (χ1n) is 5.50. The Morgan fingerprint density at radius 3 is 3.00 bits per heavy atom. The number of pyridine rings is 1. The summed E-state index contributed by atoms with van der Waals surface area (Å²) in [5, 5.41) is 0. The van der Waals surface area contributed by atoms with E-state index in [1.165, 1.54) is 0 Å². The van der Waals surface area contributed by atoms with Crippen LogP contribution in [0.1, 0.15) is 12.5 Å². The molecule has 0 N–H and O–H groups in total. The van der Waals surface area contributed by atoms with E-state index >= 15 is 0 Å². The molecule has 1 aromatic heterocycles. The quantitative estimate of drug-likeness (QED) is 0.766. The number of sulfone groups is 1. The van der Waals surface area contributed by atoms with Crippen LogP contribution >= 0.6 is 11.6 Å². The minimum atomic E-state index is -2.88. The molecule has 1 aliphatic rings. The van der Waals surface area contributed by atoms with E-state index in [9.17, 15) is 8.42 Å². The molecular weight excluding hydrogens is 260 g/mol. The molecule has 17 heavy (non-hydrogen) atoms. The van der Waals surface area contributed by atoms with Crippen LogP contribution in [0.4, 0.5) is 5.82 Å². The molecule has 1 unspecified atom stereocenters. The van der Waals surface area contributed by atoms with Crippen molar-refractivity contribution >= 4 is 27.3 Å². The van der Waals surface area contributed by atoms with Crippen LogP contribution in [0.5, 0.6) is 0 Å². The van der Waals surface area contributed by atoms with Crippen LogP contribution in [0.15, 0.2) is 18.3 Å². The Morgan fingerprint density at radius 2 is 2.35 bits per heavy atom. The van der Waals surface area contributed by atoms with E-state index in [0.29, 0.717) is 12.4 Å². The molecule has 0 aromatic carbocycles. The molecule has 4 nitrogen and oxygen atoms in total. The largest absolute Gasteiger partial charge is 0.352 e. The van der Waals surface area contributed by atoms with Crippen molar-refractivity contribution in [2.45, 2.75) is 18.8 Å². The summed E-state index contributed by atoms with van der Waals surface area (Å²) >= 11 is 5.78. The second-order valence-corrected chi connectivity index (χ2v) is 6.81. The molecule has 2 heterocycles. The maximum absolute atomic E-state index is 11.5. The van der Waals surface area contributed by atoms with Gasteiger partial charge in [-0.15, -0.1) is 11.6 Å². The number of aromatic nitrogens is 1. The Kier molecular flexibility index (Phi) is 3.58. The molecule has 0 radical (unpaired) electrons. The fourth-order valence-corrected chi connectivity index (χ4v) is 3.76. The van der Waals surface area contributed by atoms with Crippen molar-refractivity contribution in [2.75, 3.05) is 23.0 Å². The lowest BCUT2D eigenvalue weighted by molar-refractivity contribution is 0.567. The van der Waals surface area contributed by atoms with Gasteiger partial charge in [0.1, 0.15) is 5.82 Å². The number of alkyl halides is 1. The average Bonchev–Trinajstić information content (AvgIpc) is 2.28. The zero-order valence-corrected chi connectivity index (χ0v) is 11.2. The van der Waals surface area contributed by atoms with Gasteiger partial charge in [0.05, 0.1) is 11.5 Å². The maximum atomic E-state index is 11.5. The van der Waals surface area contributed by atoms with E-state index in [4.69, 9.17) is 11.6 Å². The van der Waals surface area contributed by atoms with Gasteiger partial charge in [-0.2, -0.15) is 0 Å². The van der Waals surface area contributed by atoms with Crippen LogP contribution in [0.2, 0.25) is 0 Å². The molecule has 1 atom stereocenters. The third-order valence-corrected chi connectivity index (χ3v) is 5.03. The Hall–Kier alpha value is -0.810. The van der Waals surface area contributed by atoms with E-state index in [-0.39, 0.29) is 17.5 Å². The van der Waals surface area contributed by atoms with Crippen LogP contribution < -0.4 is 4.90 Å².